The van der Waals surface area contributed by atoms with Crippen molar-refractivity contribution >= 4 is 11.9 Å². The van der Waals surface area contributed by atoms with Gasteiger partial charge in [-0.15, -0.1) is 0 Å². The Hall–Kier alpha value is -1.32. The fourth-order valence-corrected chi connectivity index (χ4v) is 4.36. The minimum Gasteiger partial charge on any atom is -0.465 e. The molecule has 0 aromatic heterocycles. The molecular weight excluding hydrogens is 376 g/mol. The number of unbranched alkanes of at least 4 members (excludes halogenated alkanes) is 2. The Morgan fingerprint density at radius 1 is 0.733 bits per heavy atom. The van der Waals surface area contributed by atoms with E-state index in [1.807, 2.05) is 26.0 Å². The zero-order valence-corrected chi connectivity index (χ0v) is 20.3. The van der Waals surface area contributed by atoms with Gasteiger partial charge in [0.05, 0.1) is 25.0 Å². The van der Waals surface area contributed by atoms with Crippen LogP contribution in [0.1, 0.15) is 92.9 Å². The van der Waals surface area contributed by atoms with Crippen molar-refractivity contribution in [1.82, 2.24) is 0 Å². The SMILES string of the molecule is CCCCC(CC)COC(=O)C1C(C)C=CC(C)C1C(=O)OCC(CC)CCCC. The highest BCUT2D eigenvalue weighted by atomic mass is 16.5. The Bertz CT molecular complexity index is 481. The second-order valence-electron chi connectivity index (χ2n) is 9.25. The summed E-state index contributed by atoms with van der Waals surface area (Å²) in [6.07, 6.45) is 12.9. The normalized spacial score (nSPS) is 25.5. The summed E-state index contributed by atoms with van der Waals surface area (Å²) in [5.74, 6) is -0.658. The van der Waals surface area contributed by atoms with E-state index in [4.69, 9.17) is 9.47 Å². The summed E-state index contributed by atoms with van der Waals surface area (Å²) in [4.78, 5) is 26.1. The van der Waals surface area contributed by atoms with Gasteiger partial charge in [-0.25, -0.2) is 0 Å². The quantitative estimate of drug-likeness (QED) is 0.234. The highest BCUT2D eigenvalue weighted by molar-refractivity contribution is 5.83. The van der Waals surface area contributed by atoms with E-state index < -0.39 is 11.8 Å². The summed E-state index contributed by atoms with van der Waals surface area (Å²) in [7, 11) is 0. The summed E-state index contributed by atoms with van der Waals surface area (Å²) in [6.45, 7) is 13.5. The lowest BCUT2D eigenvalue weighted by atomic mass is 9.71. The molecule has 0 saturated heterocycles. The third kappa shape index (κ3) is 8.43. The van der Waals surface area contributed by atoms with Crippen LogP contribution in [0.15, 0.2) is 12.2 Å². The van der Waals surface area contributed by atoms with Crippen LogP contribution >= 0.6 is 0 Å². The minimum absolute atomic E-state index is 0.0240. The van der Waals surface area contributed by atoms with Gasteiger partial charge in [-0.1, -0.05) is 92.2 Å². The van der Waals surface area contributed by atoms with Crippen molar-refractivity contribution < 1.29 is 19.1 Å². The molecule has 1 aliphatic carbocycles. The number of allylic oxidation sites excluding steroid dienone is 2. The second kappa shape index (κ2) is 14.6. The van der Waals surface area contributed by atoms with Gasteiger partial charge in [0.15, 0.2) is 0 Å². The fraction of sp³-hybridized carbons (Fsp3) is 0.846. The van der Waals surface area contributed by atoms with E-state index in [2.05, 4.69) is 27.7 Å². The van der Waals surface area contributed by atoms with Crippen LogP contribution in [0, 0.1) is 35.5 Å². The van der Waals surface area contributed by atoms with Gasteiger partial charge in [0.1, 0.15) is 0 Å². The average molecular weight is 423 g/mol. The third-order valence-electron chi connectivity index (χ3n) is 6.79. The zero-order chi connectivity index (χ0) is 22.5. The third-order valence-corrected chi connectivity index (χ3v) is 6.79. The summed E-state index contributed by atoms with van der Waals surface area (Å²) < 4.78 is 11.5. The van der Waals surface area contributed by atoms with Gasteiger partial charge in [0.25, 0.3) is 0 Å². The molecule has 0 heterocycles. The van der Waals surface area contributed by atoms with Crippen molar-refractivity contribution in [3.63, 3.8) is 0 Å². The second-order valence-corrected chi connectivity index (χ2v) is 9.25. The van der Waals surface area contributed by atoms with Crippen LogP contribution in [-0.4, -0.2) is 25.2 Å². The molecule has 0 saturated carbocycles. The molecule has 0 aromatic rings. The molecule has 0 aromatic carbocycles. The molecule has 6 atom stereocenters. The van der Waals surface area contributed by atoms with Crippen molar-refractivity contribution in [3.05, 3.63) is 12.2 Å². The summed E-state index contributed by atoms with van der Waals surface area (Å²) in [6, 6.07) is 0. The van der Waals surface area contributed by atoms with Crippen molar-refractivity contribution in [2.45, 2.75) is 92.9 Å². The van der Waals surface area contributed by atoms with Gasteiger partial charge in [0, 0.05) is 0 Å². The van der Waals surface area contributed by atoms with Crippen molar-refractivity contribution in [2.24, 2.45) is 35.5 Å². The summed E-state index contributed by atoms with van der Waals surface area (Å²) >= 11 is 0. The Morgan fingerprint density at radius 2 is 1.10 bits per heavy atom. The van der Waals surface area contributed by atoms with E-state index in [1.165, 1.54) is 0 Å². The Balaban J connectivity index is 2.77. The Labute approximate surface area is 185 Å². The van der Waals surface area contributed by atoms with E-state index in [0.717, 1.165) is 51.4 Å². The molecule has 1 rings (SSSR count). The van der Waals surface area contributed by atoms with Crippen LogP contribution in [0.2, 0.25) is 0 Å². The average Bonchev–Trinajstić information content (AvgIpc) is 2.74. The summed E-state index contributed by atoms with van der Waals surface area (Å²) in [5, 5.41) is 0. The first-order valence-electron chi connectivity index (χ1n) is 12.4. The standard InChI is InChI=1S/C26H46O4/c1-7-11-13-21(9-3)17-29-25(27)23-19(5)15-16-20(6)24(23)26(28)30-18-22(10-4)14-12-8-2/h15-16,19-24H,7-14,17-18H2,1-6H3. The van der Waals surface area contributed by atoms with E-state index >= 15 is 0 Å². The largest absolute Gasteiger partial charge is 0.465 e. The van der Waals surface area contributed by atoms with Gasteiger partial charge in [-0.3, -0.25) is 9.59 Å². The lowest BCUT2D eigenvalue weighted by Gasteiger charge is -2.34. The molecule has 0 amide bonds. The molecule has 0 bridgehead atoms. The molecule has 0 fully saturated rings. The maximum Gasteiger partial charge on any atom is 0.310 e. The van der Waals surface area contributed by atoms with Gasteiger partial charge >= 0.3 is 11.9 Å². The van der Waals surface area contributed by atoms with Crippen molar-refractivity contribution in [2.75, 3.05) is 13.2 Å². The summed E-state index contributed by atoms with van der Waals surface area (Å²) in [5.41, 5.74) is 0. The molecule has 6 unspecified atom stereocenters. The number of hydrogen-bond acceptors (Lipinski definition) is 4. The molecule has 1 aliphatic rings. The number of hydrogen-bond donors (Lipinski definition) is 0. The minimum atomic E-state index is -0.461. The Kier molecular flexibility index (Phi) is 13.0. The van der Waals surface area contributed by atoms with Gasteiger partial charge in [-0.2, -0.15) is 0 Å². The predicted octanol–water partition coefficient (Wildman–Crippen LogP) is 6.58. The van der Waals surface area contributed by atoms with Crippen LogP contribution in [0.4, 0.5) is 0 Å². The van der Waals surface area contributed by atoms with E-state index in [0.29, 0.717) is 25.0 Å². The molecular formula is C26H46O4. The Morgan fingerprint density at radius 3 is 1.40 bits per heavy atom. The maximum atomic E-state index is 13.0. The van der Waals surface area contributed by atoms with Crippen LogP contribution in [0.25, 0.3) is 0 Å². The van der Waals surface area contributed by atoms with Gasteiger partial charge in [0.2, 0.25) is 0 Å². The smallest absolute Gasteiger partial charge is 0.310 e. The lowest BCUT2D eigenvalue weighted by molar-refractivity contribution is -0.166. The monoisotopic (exact) mass is 422 g/mol. The molecule has 0 N–H and O–H groups in total. The molecule has 0 spiro atoms. The van der Waals surface area contributed by atoms with Gasteiger partial charge in [-0.05, 0) is 36.5 Å². The first kappa shape index (κ1) is 26.7. The number of ether oxygens (including phenoxy) is 2. The van der Waals surface area contributed by atoms with Crippen LogP contribution in [0.3, 0.4) is 0 Å². The zero-order valence-electron chi connectivity index (χ0n) is 20.3. The number of rotatable bonds is 14. The van der Waals surface area contributed by atoms with Crippen molar-refractivity contribution in [1.29, 1.82) is 0 Å². The van der Waals surface area contributed by atoms with Crippen LogP contribution in [0.5, 0.6) is 0 Å². The molecule has 174 valence electrons. The van der Waals surface area contributed by atoms with E-state index in [9.17, 15) is 9.59 Å². The van der Waals surface area contributed by atoms with E-state index in [1.54, 1.807) is 0 Å². The van der Waals surface area contributed by atoms with Crippen LogP contribution in [-0.2, 0) is 19.1 Å². The highest BCUT2D eigenvalue weighted by Crippen LogP contribution is 2.36. The number of carbonyl (C=O) groups is 2. The maximum absolute atomic E-state index is 13.0. The number of carbonyl (C=O) groups excluding carboxylic acids is 2. The van der Waals surface area contributed by atoms with Gasteiger partial charge < -0.3 is 9.47 Å². The van der Waals surface area contributed by atoms with Crippen molar-refractivity contribution in [3.8, 4) is 0 Å². The molecule has 0 radical (unpaired) electrons. The first-order valence-corrected chi connectivity index (χ1v) is 12.4. The topological polar surface area (TPSA) is 52.6 Å². The first-order chi connectivity index (χ1) is 14.4. The van der Waals surface area contributed by atoms with Crippen LogP contribution < -0.4 is 0 Å². The predicted molar refractivity (Wildman–Crippen MR) is 123 cm³/mol. The number of esters is 2. The fourth-order valence-electron chi connectivity index (χ4n) is 4.36. The lowest BCUT2D eigenvalue weighted by Crippen LogP contribution is -2.42. The molecule has 30 heavy (non-hydrogen) atoms. The highest BCUT2D eigenvalue weighted by Gasteiger charge is 2.44. The molecule has 4 nitrogen and oxygen atoms in total. The molecule has 4 heteroatoms. The molecule has 0 aliphatic heterocycles. The van der Waals surface area contributed by atoms with E-state index in [-0.39, 0.29) is 23.8 Å².